The van der Waals surface area contributed by atoms with E-state index in [2.05, 4.69) is 45.2 Å². The van der Waals surface area contributed by atoms with Crippen molar-refractivity contribution in [2.45, 2.75) is 13.3 Å². The van der Waals surface area contributed by atoms with Gasteiger partial charge in [0.1, 0.15) is 5.52 Å². The standard InChI is InChI=1S/C11H14N8O/c1-2-12-11-17-9(8-10(18-11)15-5-14-8)13-4-3-7-16-6-20-19-7/h5-6H,2-4H2,1H3,(H3,12,13,14,15,17,18). The minimum atomic E-state index is 0.550. The third-order valence-corrected chi connectivity index (χ3v) is 2.67. The van der Waals surface area contributed by atoms with Gasteiger partial charge in [0.05, 0.1) is 6.33 Å². The van der Waals surface area contributed by atoms with Crippen molar-refractivity contribution >= 4 is 22.9 Å². The van der Waals surface area contributed by atoms with E-state index in [1.807, 2.05) is 6.92 Å². The van der Waals surface area contributed by atoms with Crippen LogP contribution in [0.15, 0.2) is 17.2 Å². The van der Waals surface area contributed by atoms with Crippen LogP contribution in [-0.2, 0) is 6.42 Å². The van der Waals surface area contributed by atoms with Gasteiger partial charge >= 0.3 is 0 Å². The van der Waals surface area contributed by atoms with Crippen molar-refractivity contribution in [1.29, 1.82) is 0 Å². The number of anilines is 2. The zero-order valence-electron chi connectivity index (χ0n) is 10.9. The maximum absolute atomic E-state index is 4.69. The lowest BCUT2D eigenvalue weighted by Gasteiger charge is -2.07. The van der Waals surface area contributed by atoms with Gasteiger partial charge in [-0.05, 0) is 6.92 Å². The SMILES string of the molecule is CCNc1nc(NCCc2ncon2)c2[nH]cnc2n1. The number of aromatic amines is 1. The van der Waals surface area contributed by atoms with Crippen LogP contribution in [0.1, 0.15) is 12.7 Å². The largest absolute Gasteiger partial charge is 0.368 e. The lowest BCUT2D eigenvalue weighted by atomic mass is 10.4. The van der Waals surface area contributed by atoms with Crippen molar-refractivity contribution in [2.24, 2.45) is 0 Å². The van der Waals surface area contributed by atoms with Crippen molar-refractivity contribution in [2.75, 3.05) is 23.7 Å². The van der Waals surface area contributed by atoms with E-state index in [1.165, 1.54) is 6.39 Å². The minimum Gasteiger partial charge on any atom is -0.368 e. The van der Waals surface area contributed by atoms with Gasteiger partial charge in [-0.15, -0.1) is 0 Å². The summed E-state index contributed by atoms with van der Waals surface area (Å²) in [5, 5.41) is 10.1. The fourth-order valence-corrected chi connectivity index (χ4v) is 1.79. The Bertz CT molecular complexity index is 677. The van der Waals surface area contributed by atoms with Crippen molar-refractivity contribution in [3.63, 3.8) is 0 Å². The van der Waals surface area contributed by atoms with Gasteiger partial charge in [-0.25, -0.2) is 4.98 Å². The van der Waals surface area contributed by atoms with Gasteiger partial charge < -0.3 is 20.1 Å². The molecule has 0 saturated carbocycles. The molecular weight excluding hydrogens is 260 g/mol. The molecule has 0 spiro atoms. The smallest absolute Gasteiger partial charge is 0.226 e. The highest BCUT2D eigenvalue weighted by molar-refractivity contribution is 5.83. The lowest BCUT2D eigenvalue weighted by Crippen LogP contribution is -2.10. The van der Waals surface area contributed by atoms with E-state index in [-0.39, 0.29) is 0 Å². The van der Waals surface area contributed by atoms with Crippen LogP contribution in [0, 0.1) is 0 Å². The molecule has 3 aromatic heterocycles. The summed E-state index contributed by atoms with van der Waals surface area (Å²) in [5.74, 6) is 1.90. The number of fused-ring (bicyclic) bond motifs is 1. The summed E-state index contributed by atoms with van der Waals surface area (Å²) >= 11 is 0. The van der Waals surface area contributed by atoms with E-state index in [0.29, 0.717) is 36.2 Å². The predicted octanol–water partition coefficient (Wildman–Crippen LogP) is 0.822. The van der Waals surface area contributed by atoms with Gasteiger partial charge in [-0.3, -0.25) is 0 Å². The first-order chi connectivity index (χ1) is 9.86. The highest BCUT2D eigenvalue weighted by Crippen LogP contribution is 2.18. The number of H-pyrrole nitrogens is 1. The molecule has 0 saturated heterocycles. The highest BCUT2D eigenvalue weighted by atomic mass is 16.5. The summed E-state index contributed by atoms with van der Waals surface area (Å²) in [6.07, 6.45) is 3.56. The Morgan fingerprint density at radius 2 is 2.20 bits per heavy atom. The van der Waals surface area contributed by atoms with Gasteiger partial charge in [-0.1, -0.05) is 5.16 Å². The van der Waals surface area contributed by atoms with Crippen molar-refractivity contribution < 1.29 is 4.52 Å². The molecular formula is C11H14N8O. The van der Waals surface area contributed by atoms with Crippen LogP contribution < -0.4 is 10.6 Å². The zero-order chi connectivity index (χ0) is 13.8. The maximum Gasteiger partial charge on any atom is 0.226 e. The van der Waals surface area contributed by atoms with Crippen LogP contribution in [0.4, 0.5) is 11.8 Å². The van der Waals surface area contributed by atoms with E-state index in [1.54, 1.807) is 6.33 Å². The molecule has 0 fully saturated rings. The number of hydrogen-bond acceptors (Lipinski definition) is 8. The molecule has 0 aliphatic carbocycles. The Labute approximate surface area is 114 Å². The molecule has 0 aliphatic heterocycles. The van der Waals surface area contributed by atoms with E-state index in [9.17, 15) is 0 Å². The number of imidazole rings is 1. The normalized spacial score (nSPS) is 10.8. The molecule has 0 aromatic carbocycles. The van der Waals surface area contributed by atoms with Crippen molar-refractivity contribution in [3.8, 4) is 0 Å². The summed E-state index contributed by atoms with van der Waals surface area (Å²) < 4.78 is 4.69. The number of nitrogens with one attached hydrogen (secondary N) is 3. The van der Waals surface area contributed by atoms with E-state index < -0.39 is 0 Å². The molecule has 104 valence electrons. The van der Waals surface area contributed by atoms with Crippen LogP contribution in [0.25, 0.3) is 11.2 Å². The van der Waals surface area contributed by atoms with Crippen molar-refractivity contribution in [1.82, 2.24) is 30.1 Å². The third-order valence-electron chi connectivity index (χ3n) is 2.67. The van der Waals surface area contributed by atoms with E-state index in [4.69, 9.17) is 0 Å². The molecule has 3 N–H and O–H groups in total. The monoisotopic (exact) mass is 274 g/mol. The number of rotatable bonds is 6. The summed E-state index contributed by atoms with van der Waals surface area (Å²) in [7, 11) is 0. The van der Waals surface area contributed by atoms with Crippen LogP contribution in [0.5, 0.6) is 0 Å². The molecule has 0 aliphatic rings. The van der Waals surface area contributed by atoms with E-state index in [0.717, 1.165) is 12.1 Å². The Balaban J connectivity index is 1.76. The first-order valence-electron chi connectivity index (χ1n) is 6.31. The second-order valence-corrected chi connectivity index (χ2v) is 4.05. The molecule has 9 nitrogen and oxygen atoms in total. The average molecular weight is 274 g/mol. The molecule has 0 unspecified atom stereocenters. The zero-order valence-corrected chi connectivity index (χ0v) is 10.9. The maximum atomic E-state index is 4.69. The van der Waals surface area contributed by atoms with Crippen molar-refractivity contribution in [3.05, 3.63) is 18.5 Å². The van der Waals surface area contributed by atoms with Gasteiger partial charge in [-0.2, -0.15) is 15.0 Å². The molecule has 3 rings (SSSR count). The Morgan fingerprint density at radius 3 is 3.00 bits per heavy atom. The number of nitrogens with zero attached hydrogens (tertiary/aromatic N) is 5. The first kappa shape index (κ1) is 12.3. The Kier molecular flexibility index (Phi) is 3.40. The van der Waals surface area contributed by atoms with Gasteiger partial charge in [0, 0.05) is 19.5 Å². The lowest BCUT2D eigenvalue weighted by molar-refractivity contribution is 0.410. The third kappa shape index (κ3) is 2.51. The topological polar surface area (TPSA) is 117 Å². The molecule has 0 radical (unpaired) electrons. The highest BCUT2D eigenvalue weighted by Gasteiger charge is 2.09. The fourth-order valence-electron chi connectivity index (χ4n) is 1.79. The van der Waals surface area contributed by atoms with Gasteiger partial charge in [0.15, 0.2) is 17.3 Å². The minimum absolute atomic E-state index is 0.550. The summed E-state index contributed by atoms with van der Waals surface area (Å²) in [5.41, 5.74) is 1.40. The quantitative estimate of drug-likeness (QED) is 0.604. The molecule has 3 heterocycles. The molecule has 0 amide bonds. The summed E-state index contributed by atoms with van der Waals surface area (Å²) in [4.78, 5) is 19.9. The van der Waals surface area contributed by atoms with Crippen LogP contribution in [0.3, 0.4) is 0 Å². The molecule has 0 atom stereocenters. The molecule has 0 bridgehead atoms. The summed E-state index contributed by atoms with van der Waals surface area (Å²) in [6, 6.07) is 0. The Morgan fingerprint density at radius 1 is 1.25 bits per heavy atom. The molecule has 3 aromatic rings. The predicted molar refractivity (Wildman–Crippen MR) is 72.3 cm³/mol. The second-order valence-electron chi connectivity index (χ2n) is 4.05. The van der Waals surface area contributed by atoms with Crippen LogP contribution in [-0.4, -0.2) is 43.2 Å². The average Bonchev–Trinajstić information content (AvgIpc) is 3.09. The molecule has 9 heteroatoms. The van der Waals surface area contributed by atoms with Gasteiger partial charge in [0.2, 0.25) is 12.3 Å². The van der Waals surface area contributed by atoms with Crippen LogP contribution >= 0.6 is 0 Å². The number of aromatic nitrogens is 6. The molecule has 20 heavy (non-hydrogen) atoms. The Hall–Kier alpha value is -2.71. The van der Waals surface area contributed by atoms with Crippen LogP contribution in [0.2, 0.25) is 0 Å². The first-order valence-corrected chi connectivity index (χ1v) is 6.31. The van der Waals surface area contributed by atoms with Gasteiger partial charge in [0.25, 0.3) is 0 Å². The summed E-state index contributed by atoms with van der Waals surface area (Å²) in [6.45, 7) is 3.37. The second kappa shape index (κ2) is 5.51. The van der Waals surface area contributed by atoms with E-state index >= 15 is 0 Å². The number of hydrogen-bond donors (Lipinski definition) is 3. The fraction of sp³-hybridized carbons (Fsp3) is 0.364.